The van der Waals surface area contributed by atoms with E-state index in [1.54, 1.807) is 4.90 Å². The van der Waals surface area contributed by atoms with Crippen molar-refractivity contribution in [2.45, 2.75) is 38.5 Å². The van der Waals surface area contributed by atoms with E-state index in [2.05, 4.69) is 15.2 Å². The Balaban J connectivity index is 1.55. The fourth-order valence-corrected chi connectivity index (χ4v) is 3.20. The van der Waals surface area contributed by atoms with E-state index in [4.69, 9.17) is 0 Å². The zero-order valence-electron chi connectivity index (χ0n) is 12.5. The number of aryl methyl sites for hydroxylation is 1. The molecule has 0 saturated carbocycles. The van der Waals surface area contributed by atoms with Gasteiger partial charge in [0.05, 0.1) is 11.9 Å². The highest BCUT2D eigenvalue weighted by molar-refractivity contribution is 5.98. The van der Waals surface area contributed by atoms with Gasteiger partial charge in [0.2, 0.25) is 5.91 Å². The Labute approximate surface area is 129 Å². The van der Waals surface area contributed by atoms with Crippen LogP contribution in [0.1, 0.15) is 41.6 Å². The lowest BCUT2D eigenvalue weighted by atomic mass is 9.90. The van der Waals surface area contributed by atoms with Crippen molar-refractivity contribution in [3.63, 3.8) is 0 Å². The first-order valence-corrected chi connectivity index (χ1v) is 7.89. The zero-order valence-corrected chi connectivity index (χ0v) is 12.5. The van der Waals surface area contributed by atoms with Crippen LogP contribution >= 0.6 is 0 Å². The van der Waals surface area contributed by atoms with Gasteiger partial charge in [0.15, 0.2) is 0 Å². The van der Waals surface area contributed by atoms with Crippen LogP contribution in [0.5, 0.6) is 0 Å². The molecule has 2 aromatic heterocycles. The Morgan fingerprint density at radius 3 is 2.73 bits per heavy atom. The molecule has 1 aliphatic carbocycles. The molecule has 0 bridgehead atoms. The number of hydrogen-bond donors (Lipinski definition) is 0. The van der Waals surface area contributed by atoms with Gasteiger partial charge < -0.3 is 0 Å². The second kappa shape index (κ2) is 5.48. The number of rotatable bonds is 3. The average Bonchev–Trinajstić information content (AvgIpc) is 2.55. The van der Waals surface area contributed by atoms with Gasteiger partial charge in [0.25, 0.3) is 0 Å². The lowest BCUT2D eigenvalue weighted by molar-refractivity contribution is -0.122. The molecule has 0 N–H and O–H groups in total. The number of β-lactam (4-membered cyclic amide) rings is 1. The van der Waals surface area contributed by atoms with Crippen LogP contribution in [0, 0.1) is 0 Å². The summed E-state index contributed by atoms with van der Waals surface area (Å²) in [4.78, 5) is 17.6. The van der Waals surface area contributed by atoms with Crippen LogP contribution in [-0.2, 0) is 24.1 Å². The van der Waals surface area contributed by atoms with Crippen LogP contribution in [0.4, 0.5) is 5.82 Å². The third kappa shape index (κ3) is 2.36. The molecule has 3 heterocycles. The third-order valence-electron chi connectivity index (χ3n) is 4.56. The highest BCUT2D eigenvalue weighted by Gasteiger charge is 2.26. The molecule has 2 aromatic rings. The molecule has 1 aliphatic heterocycles. The summed E-state index contributed by atoms with van der Waals surface area (Å²) in [5.41, 5.74) is 4.92. The van der Waals surface area contributed by atoms with E-state index in [1.807, 2.05) is 24.5 Å². The van der Waals surface area contributed by atoms with Crippen LogP contribution in [0.15, 0.2) is 24.5 Å². The first-order valence-electron chi connectivity index (χ1n) is 7.89. The fourth-order valence-electron chi connectivity index (χ4n) is 3.20. The van der Waals surface area contributed by atoms with Gasteiger partial charge in [0.1, 0.15) is 5.82 Å². The van der Waals surface area contributed by atoms with Crippen LogP contribution in [0.25, 0.3) is 0 Å². The summed E-state index contributed by atoms with van der Waals surface area (Å²) in [6, 6.07) is 3.97. The van der Waals surface area contributed by atoms with E-state index >= 15 is 0 Å². The minimum atomic E-state index is 0.156. The Morgan fingerprint density at radius 1 is 1.09 bits per heavy atom. The molecule has 1 saturated heterocycles. The minimum Gasteiger partial charge on any atom is -0.296 e. The Bertz CT molecular complexity index is 711. The SMILES string of the molecule is O=C1CCN1c1ccc(Cc2nncc3c2CCCC3)cn1. The van der Waals surface area contributed by atoms with Crippen LogP contribution in [0.2, 0.25) is 0 Å². The molecule has 4 rings (SSSR count). The fraction of sp³-hybridized carbons (Fsp3) is 0.412. The monoisotopic (exact) mass is 294 g/mol. The van der Waals surface area contributed by atoms with E-state index in [9.17, 15) is 4.79 Å². The quantitative estimate of drug-likeness (QED) is 0.813. The third-order valence-corrected chi connectivity index (χ3v) is 4.56. The Hall–Kier alpha value is -2.30. The number of amides is 1. The minimum absolute atomic E-state index is 0.156. The van der Waals surface area contributed by atoms with Gasteiger partial charge in [-0.2, -0.15) is 10.2 Å². The van der Waals surface area contributed by atoms with Crippen molar-refractivity contribution in [1.82, 2.24) is 15.2 Å². The first kappa shape index (κ1) is 13.4. The second-order valence-corrected chi connectivity index (χ2v) is 6.00. The van der Waals surface area contributed by atoms with E-state index in [0.29, 0.717) is 6.42 Å². The number of carbonyl (C=O) groups excluding carboxylic acids is 1. The number of hydrogen-bond acceptors (Lipinski definition) is 4. The maximum atomic E-state index is 11.4. The maximum absolute atomic E-state index is 11.4. The zero-order chi connectivity index (χ0) is 14.9. The summed E-state index contributed by atoms with van der Waals surface area (Å²) < 4.78 is 0. The van der Waals surface area contributed by atoms with Gasteiger partial charge in [-0.05, 0) is 48.4 Å². The van der Waals surface area contributed by atoms with E-state index in [1.165, 1.54) is 24.0 Å². The largest absolute Gasteiger partial charge is 0.296 e. The molecule has 1 fully saturated rings. The Morgan fingerprint density at radius 2 is 2.00 bits per heavy atom. The number of fused-ring (bicyclic) bond motifs is 1. The topological polar surface area (TPSA) is 59.0 Å². The Kier molecular flexibility index (Phi) is 3.33. The molecule has 2 aliphatic rings. The maximum Gasteiger partial charge on any atom is 0.229 e. The molecular weight excluding hydrogens is 276 g/mol. The van der Waals surface area contributed by atoms with Crippen LogP contribution in [-0.4, -0.2) is 27.6 Å². The number of carbonyl (C=O) groups is 1. The van der Waals surface area contributed by atoms with Gasteiger partial charge in [-0.15, -0.1) is 0 Å². The number of nitrogens with zero attached hydrogens (tertiary/aromatic N) is 4. The normalized spacial score (nSPS) is 17.1. The molecule has 112 valence electrons. The van der Waals surface area contributed by atoms with Crippen molar-refractivity contribution >= 4 is 11.7 Å². The number of aromatic nitrogens is 3. The molecule has 0 radical (unpaired) electrons. The lowest BCUT2D eigenvalue weighted by Crippen LogP contribution is -2.43. The highest BCUT2D eigenvalue weighted by atomic mass is 16.2. The van der Waals surface area contributed by atoms with Crippen molar-refractivity contribution in [2.75, 3.05) is 11.4 Å². The molecular formula is C17H18N4O. The van der Waals surface area contributed by atoms with Crippen molar-refractivity contribution < 1.29 is 4.79 Å². The lowest BCUT2D eigenvalue weighted by Gasteiger charge is -2.29. The first-order chi connectivity index (χ1) is 10.8. The van der Waals surface area contributed by atoms with E-state index < -0.39 is 0 Å². The molecule has 5 nitrogen and oxygen atoms in total. The second-order valence-electron chi connectivity index (χ2n) is 6.00. The molecule has 22 heavy (non-hydrogen) atoms. The smallest absolute Gasteiger partial charge is 0.229 e. The van der Waals surface area contributed by atoms with E-state index in [0.717, 1.165) is 42.9 Å². The summed E-state index contributed by atoms with van der Waals surface area (Å²) >= 11 is 0. The summed E-state index contributed by atoms with van der Waals surface area (Å²) in [5, 5.41) is 8.49. The summed E-state index contributed by atoms with van der Waals surface area (Å²) in [6.07, 6.45) is 9.87. The molecule has 0 atom stereocenters. The van der Waals surface area contributed by atoms with Gasteiger partial charge in [0, 0.05) is 25.6 Å². The highest BCUT2D eigenvalue weighted by Crippen LogP contribution is 2.24. The van der Waals surface area contributed by atoms with E-state index in [-0.39, 0.29) is 5.91 Å². The molecule has 5 heteroatoms. The molecule has 0 aromatic carbocycles. The summed E-state index contributed by atoms with van der Waals surface area (Å²) in [5.74, 6) is 0.907. The van der Waals surface area contributed by atoms with Crippen LogP contribution < -0.4 is 4.90 Å². The van der Waals surface area contributed by atoms with Crippen molar-refractivity contribution in [2.24, 2.45) is 0 Å². The predicted octanol–water partition coefficient (Wildman–Crippen LogP) is 2.08. The standard InChI is InChI=1S/C17H18N4O/c22-17-7-8-21(17)16-6-5-12(10-18-16)9-15-14-4-2-1-3-13(14)11-19-20-15/h5-6,10-11H,1-4,7-9H2. The summed E-state index contributed by atoms with van der Waals surface area (Å²) in [7, 11) is 0. The molecule has 0 unspecified atom stereocenters. The summed E-state index contributed by atoms with van der Waals surface area (Å²) in [6.45, 7) is 0.781. The van der Waals surface area contributed by atoms with Crippen molar-refractivity contribution in [1.29, 1.82) is 0 Å². The average molecular weight is 294 g/mol. The molecule has 1 amide bonds. The number of pyridine rings is 1. The van der Waals surface area contributed by atoms with Crippen LogP contribution in [0.3, 0.4) is 0 Å². The van der Waals surface area contributed by atoms with Gasteiger partial charge >= 0.3 is 0 Å². The van der Waals surface area contributed by atoms with Gasteiger partial charge in [-0.3, -0.25) is 9.69 Å². The van der Waals surface area contributed by atoms with Crippen molar-refractivity contribution in [3.8, 4) is 0 Å². The van der Waals surface area contributed by atoms with Gasteiger partial charge in [-0.1, -0.05) is 6.07 Å². The predicted molar refractivity (Wildman–Crippen MR) is 82.7 cm³/mol. The molecule has 0 spiro atoms. The van der Waals surface area contributed by atoms with Gasteiger partial charge in [-0.25, -0.2) is 4.98 Å². The van der Waals surface area contributed by atoms with Crippen molar-refractivity contribution in [3.05, 3.63) is 46.9 Å². The number of anilines is 1.